The molecule has 1 aliphatic carbocycles. The molecule has 162 valence electrons. The molecule has 2 atom stereocenters. The number of hydrogen-bond donors (Lipinski definition) is 2. The third-order valence-electron chi connectivity index (χ3n) is 4.95. The van der Waals surface area contributed by atoms with Gasteiger partial charge < -0.3 is 9.62 Å². The van der Waals surface area contributed by atoms with E-state index in [9.17, 15) is 13.4 Å². The summed E-state index contributed by atoms with van der Waals surface area (Å²) in [4.78, 5) is 15.4. The van der Waals surface area contributed by atoms with Gasteiger partial charge in [0.15, 0.2) is 0 Å². The summed E-state index contributed by atoms with van der Waals surface area (Å²) in [5.74, 6) is -0.566. The van der Waals surface area contributed by atoms with Crippen LogP contribution in [0.25, 0.3) is 0 Å². The summed E-state index contributed by atoms with van der Waals surface area (Å²) in [5, 5.41) is 5.38. The number of rotatable bonds is 7. The van der Waals surface area contributed by atoms with E-state index in [-0.39, 0.29) is 17.8 Å². The van der Waals surface area contributed by atoms with Crippen LogP contribution in [-0.2, 0) is 11.0 Å². The van der Waals surface area contributed by atoms with E-state index in [2.05, 4.69) is 9.12 Å². The Hall–Kier alpha value is -2.75. The number of anilines is 1. The standard InChI is InChI=1S/C22H23FN4O2S2/c1-15(16-10-12-17(23)13-11-16)27(2)22(28)20-8-3-4-9-21(20)26-31(29)19-7-5-6-18(14-19)25-30-24/h3-13,15,26H,14,24H2,1-2H3/b25-18-. The molecule has 0 radical (unpaired) electrons. The van der Waals surface area contributed by atoms with Gasteiger partial charge >= 0.3 is 0 Å². The van der Waals surface area contributed by atoms with E-state index in [1.54, 1.807) is 60.5 Å². The van der Waals surface area contributed by atoms with Crippen molar-refractivity contribution >= 4 is 40.4 Å². The van der Waals surface area contributed by atoms with E-state index in [1.807, 2.05) is 13.0 Å². The zero-order valence-electron chi connectivity index (χ0n) is 17.1. The number of nitrogens with one attached hydrogen (secondary N) is 1. The van der Waals surface area contributed by atoms with Crippen molar-refractivity contribution in [3.05, 3.63) is 88.6 Å². The van der Waals surface area contributed by atoms with Crippen molar-refractivity contribution in [1.82, 2.24) is 4.90 Å². The molecule has 1 amide bonds. The first-order valence-corrected chi connectivity index (χ1v) is 11.5. The van der Waals surface area contributed by atoms with E-state index in [1.165, 1.54) is 12.1 Å². The predicted octanol–water partition coefficient (Wildman–Crippen LogP) is 4.54. The summed E-state index contributed by atoms with van der Waals surface area (Å²) in [7, 11) is 0.132. The van der Waals surface area contributed by atoms with Gasteiger partial charge in [0.25, 0.3) is 5.91 Å². The highest BCUT2D eigenvalue weighted by molar-refractivity contribution is 7.95. The van der Waals surface area contributed by atoms with Crippen molar-refractivity contribution in [2.45, 2.75) is 19.4 Å². The van der Waals surface area contributed by atoms with Crippen LogP contribution >= 0.6 is 12.1 Å². The molecule has 1 aliphatic rings. The number of hydrogen-bond acceptors (Lipinski definition) is 5. The van der Waals surface area contributed by atoms with E-state index in [4.69, 9.17) is 5.14 Å². The Balaban J connectivity index is 1.78. The number of allylic oxidation sites excluding steroid dienone is 4. The number of carbonyl (C=O) groups is 1. The molecule has 0 saturated heterocycles. The van der Waals surface area contributed by atoms with Crippen LogP contribution in [0.15, 0.2) is 76.1 Å². The summed E-state index contributed by atoms with van der Waals surface area (Å²) in [6.45, 7) is 1.87. The van der Waals surface area contributed by atoms with Gasteiger partial charge in [0.2, 0.25) is 0 Å². The number of benzene rings is 2. The van der Waals surface area contributed by atoms with Crippen LogP contribution in [-0.4, -0.2) is 27.8 Å². The molecule has 31 heavy (non-hydrogen) atoms. The second-order valence-corrected chi connectivity index (χ2v) is 8.58. The first-order valence-electron chi connectivity index (χ1n) is 9.50. The SMILES string of the molecule is CC(c1ccc(F)cc1)N(C)C(=O)c1ccccc1NS(=O)C1=CC=C/C(=N/SN)C1. The van der Waals surface area contributed by atoms with E-state index >= 15 is 0 Å². The van der Waals surface area contributed by atoms with Crippen LogP contribution in [0.2, 0.25) is 0 Å². The van der Waals surface area contributed by atoms with Gasteiger partial charge in [0.05, 0.1) is 35.1 Å². The van der Waals surface area contributed by atoms with Gasteiger partial charge in [-0.3, -0.25) is 9.93 Å². The lowest BCUT2D eigenvalue weighted by atomic mass is 10.1. The second-order valence-electron chi connectivity index (χ2n) is 6.92. The van der Waals surface area contributed by atoms with E-state index < -0.39 is 11.0 Å². The minimum atomic E-state index is -1.55. The molecular formula is C22H23FN4O2S2. The lowest BCUT2D eigenvalue weighted by Crippen LogP contribution is -2.30. The second kappa shape index (κ2) is 10.5. The fourth-order valence-electron chi connectivity index (χ4n) is 3.08. The smallest absolute Gasteiger partial charge is 0.256 e. The molecule has 2 unspecified atom stereocenters. The Kier molecular flexibility index (Phi) is 7.78. The molecule has 9 heteroatoms. The molecule has 0 aromatic heterocycles. The Labute approximate surface area is 188 Å². The van der Waals surface area contributed by atoms with Gasteiger partial charge in [-0.2, -0.15) is 0 Å². The average Bonchev–Trinajstić information content (AvgIpc) is 2.79. The Morgan fingerprint density at radius 1 is 1.26 bits per heavy atom. The number of amides is 1. The van der Waals surface area contributed by atoms with Gasteiger partial charge in [-0.1, -0.05) is 30.3 Å². The maximum Gasteiger partial charge on any atom is 0.256 e. The Morgan fingerprint density at radius 2 is 1.97 bits per heavy atom. The monoisotopic (exact) mass is 458 g/mol. The number of nitrogens with zero attached hydrogens (tertiary/aromatic N) is 2. The first kappa shape index (κ1) is 22.9. The molecule has 0 heterocycles. The predicted molar refractivity (Wildman–Crippen MR) is 126 cm³/mol. The van der Waals surface area contributed by atoms with Crippen LogP contribution in [0.4, 0.5) is 10.1 Å². The summed E-state index contributed by atoms with van der Waals surface area (Å²) >= 11 is 0.856. The molecule has 0 aliphatic heterocycles. The van der Waals surface area contributed by atoms with Crippen molar-refractivity contribution in [1.29, 1.82) is 0 Å². The number of nitrogens with two attached hydrogens (primary N) is 1. The molecular weight excluding hydrogens is 435 g/mol. The van der Waals surface area contributed by atoms with Crippen LogP contribution in [0.1, 0.15) is 35.3 Å². The maximum absolute atomic E-state index is 13.2. The lowest BCUT2D eigenvalue weighted by Gasteiger charge is -2.26. The van der Waals surface area contributed by atoms with Crippen molar-refractivity contribution < 1.29 is 13.4 Å². The van der Waals surface area contributed by atoms with Crippen molar-refractivity contribution in [3.8, 4) is 0 Å². The third kappa shape index (κ3) is 5.69. The quantitative estimate of drug-likeness (QED) is 0.596. The molecule has 3 N–H and O–H groups in total. The molecule has 0 fully saturated rings. The number of carbonyl (C=O) groups excluding carboxylic acids is 1. The van der Waals surface area contributed by atoms with Crippen LogP contribution in [0.5, 0.6) is 0 Å². The average molecular weight is 459 g/mol. The topological polar surface area (TPSA) is 87.8 Å². The lowest BCUT2D eigenvalue weighted by molar-refractivity contribution is 0.0743. The Morgan fingerprint density at radius 3 is 2.68 bits per heavy atom. The van der Waals surface area contributed by atoms with Crippen molar-refractivity contribution in [2.75, 3.05) is 11.8 Å². The third-order valence-corrected chi connectivity index (χ3v) is 6.45. The highest BCUT2D eigenvalue weighted by Gasteiger charge is 2.22. The first-order chi connectivity index (χ1) is 14.9. The van der Waals surface area contributed by atoms with E-state index in [0.29, 0.717) is 22.6 Å². The van der Waals surface area contributed by atoms with Crippen LogP contribution in [0, 0.1) is 5.82 Å². The minimum Gasteiger partial charge on any atom is -0.335 e. The summed E-state index contributed by atoms with van der Waals surface area (Å²) in [6, 6.07) is 12.7. The molecule has 2 aromatic carbocycles. The molecule has 2 aromatic rings. The maximum atomic E-state index is 13.2. The van der Waals surface area contributed by atoms with Gasteiger partial charge in [-0.15, -0.1) is 0 Å². The zero-order valence-corrected chi connectivity index (χ0v) is 18.8. The number of para-hydroxylation sites is 1. The van der Waals surface area contributed by atoms with Gasteiger partial charge in [-0.25, -0.2) is 13.0 Å². The fraction of sp³-hybridized carbons (Fsp3) is 0.182. The summed E-state index contributed by atoms with van der Waals surface area (Å²) < 4.78 is 33.1. The normalized spacial score (nSPS) is 16.5. The van der Waals surface area contributed by atoms with Crippen molar-refractivity contribution in [3.63, 3.8) is 0 Å². The highest BCUT2D eigenvalue weighted by Crippen LogP contribution is 2.26. The van der Waals surface area contributed by atoms with Gasteiger partial charge in [-0.05, 0) is 48.9 Å². The molecule has 3 rings (SSSR count). The Bertz CT molecular complexity index is 1070. The van der Waals surface area contributed by atoms with Gasteiger partial charge in [0, 0.05) is 18.4 Å². The summed E-state index contributed by atoms with van der Waals surface area (Å²) in [6.07, 6.45) is 5.74. The molecule has 0 bridgehead atoms. The van der Waals surface area contributed by atoms with Crippen molar-refractivity contribution in [2.24, 2.45) is 9.54 Å². The molecule has 0 saturated carbocycles. The largest absolute Gasteiger partial charge is 0.335 e. The van der Waals surface area contributed by atoms with E-state index in [0.717, 1.165) is 23.4 Å². The zero-order chi connectivity index (χ0) is 22.4. The highest BCUT2D eigenvalue weighted by atomic mass is 32.2. The number of halogens is 1. The van der Waals surface area contributed by atoms with Gasteiger partial charge in [0.1, 0.15) is 16.8 Å². The fourth-order valence-corrected chi connectivity index (χ4v) is 4.33. The van der Waals surface area contributed by atoms with Crippen LogP contribution in [0.3, 0.4) is 0 Å². The molecule has 6 nitrogen and oxygen atoms in total. The molecule has 0 spiro atoms. The summed E-state index contributed by atoms with van der Waals surface area (Å²) in [5.41, 5.74) is 2.39. The minimum absolute atomic E-state index is 0.240. The van der Waals surface area contributed by atoms with Crippen LogP contribution < -0.4 is 9.86 Å².